The molecular formula is C19H26N4O2. The first kappa shape index (κ1) is 16.4. The molecule has 0 unspecified atom stereocenters. The Labute approximate surface area is 148 Å². The smallest absolute Gasteiger partial charge is 0.162 e. The lowest BCUT2D eigenvalue weighted by Crippen LogP contribution is -2.53. The lowest BCUT2D eigenvalue weighted by atomic mass is 10.1. The zero-order valence-electron chi connectivity index (χ0n) is 15.0. The summed E-state index contributed by atoms with van der Waals surface area (Å²) in [5.41, 5.74) is 8.42. The molecule has 0 radical (unpaired) electrons. The number of aromatic nitrogens is 1. The van der Waals surface area contributed by atoms with Crippen molar-refractivity contribution in [3.8, 4) is 11.5 Å². The highest BCUT2D eigenvalue weighted by atomic mass is 16.5. The zero-order chi connectivity index (χ0) is 17.4. The number of nitrogens with zero attached hydrogens (tertiary/aromatic N) is 3. The van der Waals surface area contributed by atoms with Gasteiger partial charge in [0.2, 0.25) is 0 Å². The monoisotopic (exact) mass is 342 g/mol. The third kappa shape index (κ3) is 2.79. The highest BCUT2D eigenvalue weighted by Crippen LogP contribution is 2.42. The van der Waals surface area contributed by atoms with Crippen LogP contribution in [-0.4, -0.2) is 62.4 Å². The van der Waals surface area contributed by atoms with Crippen LogP contribution in [0.15, 0.2) is 24.4 Å². The second-order valence-electron chi connectivity index (χ2n) is 6.96. The zero-order valence-corrected chi connectivity index (χ0v) is 15.0. The first-order chi connectivity index (χ1) is 12.2. The van der Waals surface area contributed by atoms with E-state index in [9.17, 15) is 0 Å². The van der Waals surface area contributed by atoms with Crippen LogP contribution in [0.5, 0.6) is 11.5 Å². The summed E-state index contributed by atoms with van der Waals surface area (Å²) >= 11 is 0. The molecule has 1 aromatic carbocycles. The molecule has 2 aromatic rings. The fourth-order valence-corrected chi connectivity index (χ4v) is 3.95. The Morgan fingerprint density at radius 1 is 1.08 bits per heavy atom. The van der Waals surface area contributed by atoms with Crippen molar-refractivity contribution < 1.29 is 9.47 Å². The average Bonchev–Trinajstić information content (AvgIpc) is 3.48. The Morgan fingerprint density at radius 3 is 2.36 bits per heavy atom. The van der Waals surface area contributed by atoms with Gasteiger partial charge in [-0.3, -0.25) is 9.88 Å². The molecule has 6 heteroatoms. The van der Waals surface area contributed by atoms with Crippen LogP contribution in [0, 0.1) is 0 Å². The van der Waals surface area contributed by atoms with Crippen molar-refractivity contribution in [3.63, 3.8) is 0 Å². The molecule has 1 saturated carbocycles. The summed E-state index contributed by atoms with van der Waals surface area (Å²) in [5, 5.41) is 1.11. The minimum atomic E-state index is 0.295. The number of hydrogen-bond donors (Lipinski definition) is 1. The second kappa shape index (κ2) is 6.35. The number of nitrogens with two attached hydrogens (primary N) is 1. The van der Waals surface area contributed by atoms with E-state index in [1.807, 2.05) is 18.3 Å². The molecule has 1 aliphatic heterocycles. The molecule has 1 aromatic heterocycles. The maximum absolute atomic E-state index is 5.99. The third-order valence-electron chi connectivity index (χ3n) is 5.72. The van der Waals surface area contributed by atoms with Crippen molar-refractivity contribution in [2.45, 2.75) is 18.4 Å². The van der Waals surface area contributed by atoms with Gasteiger partial charge < -0.3 is 20.1 Å². The fraction of sp³-hybridized carbons (Fsp3) is 0.526. The van der Waals surface area contributed by atoms with E-state index in [1.165, 1.54) is 18.5 Å². The van der Waals surface area contributed by atoms with Gasteiger partial charge in [0.05, 0.1) is 19.7 Å². The molecule has 0 spiro atoms. The minimum absolute atomic E-state index is 0.295. The normalized spacial score (nSPS) is 19.9. The summed E-state index contributed by atoms with van der Waals surface area (Å²) in [6.07, 6.45) is 4.37. The number of hydrogen-bond acceptors (Lipinski definition) is 6. The van der Waals surface area contributed by atoms with Crippen molar-refractivity contribution >= 4 is 16.6 Å². The van der Waals surface area contributed by atoms with Gasteiger partial charge in [-0.1, -0.05) is 0 Å². The molecule has 4 rings (SSSR count). The Balaban J connectivity index is 1.61. The highest BCUT2D eigenvalue weighted by Gasteiger charge is 2.47. The van der Waals surface area contributed by atoms with Crippen molar-refractivity contribution in [2.24, 2.45) is 5.73 Å². The van der Waals surface area contributed by atoms with E-state index in [0.717, 1.165) is 49.4 Å². The molecule has 2 N–H and O–H groups in total. The fourth-order valence-electron chi connectivity index (χ4n) is 3.95. The van der Waals surface area contributed by atoms with Crippen molar-refractivity contribution in [1.82, 2.24) is 9.88 Å². The Bertz CT molecular complexity index is 767. The van der Waals surface area contributed by atoms with Gasteiger partial charge in [0, 0.05) is 61.6 Å². The predicted molar refractivity (Wildman–Crippen MR) is 99.7 cm³/mol. The number of pyridine rings is 1. The van der Waals surface area contributed by atoms with Gasteiger partial charge in [0.25, 0.3) is 0 Å². The van der Waals surface area contributed by atoms with Crippen LogP contribution >= 0.6 is 0 Å². The molecule has 2 heterocycles. The van der Waals surface area contributed by atoms with Gasteiger partial charge in [-0.05, 0) is 25.0 Å². The van der Waals surface area contributed by atoms with Crippen LogP contribution in [0.2, 0.25) is 0 Å². The molecule has 0 atom stereocenters. The van der Waals surface area contributed by atoms with Crippen molar-refractivity contribution in [1.29, 1.82) is 0 Å². The summed E-state index contributed by atoms with van der Waals surface area (Å²) in [6, 6.07) is 6.08. The second-order valence-corrected chi connectivity index (χ2v) is 6.96. The molecule has 2 fully saturated rings. The first-order valence-corrected chi connectivity index (χ1v) is 8.91. The van der Waals surface area contributed by atoms with Crippen LogP contribution in [0.4, 0.5) is 5.69 Å². The summed E-state index contributed by atoms with van der Waals surface area (Å²) in [5.74, 6) is 1.45. The number of benzene rings is 1. The van der Waals surface area contributed by atoms with Crippen LogP contribution < -0.4 is 20.1 Å². The number of methoxy groups -OCH3 is 2. The summed E-state index contributed by atoms with van der Waals surface area (Å²) in [4.78, 5) is 9.53. The van der Waals surface area contributed by atoms with Crippen LogP contribution in [0.1, 0.15) is 12.8 Å². The molecule has 0 bridgehead atoms. The number of ether oxygens (including phenoxy) is 2. The minimum Gasteiger partial charge on any atom is -0.493 e. The van der Waals surface area contributed by atoms with E-state index >= 15 is 0 Å². The summed E-state index contributed by atoms with van der Waals surface area (Å²) in [6.45, 7) is 4.93. The number of fused-ring (bicyclic) bond motifs is 1. The quantitative estimate of drug-likeness (QED) is 0.895. The van der Waals surface area contributed by atoms with E-state index in [2.05, 4.69) is 20.9 Å². The lowest BCUT2D eigenvalue weighted by Gasteiger charge is -2.40. The predicted octanol–water partition coefficient (Wildman–Crippen LogP) is 1.87. The number of rotatable bonds is 5. The number of piperazine rings is 1. The van der Waals surface area contributed by atoms with Crippen LogP contribution in [0.25, 0.3) is 10.9 Å². The molecule has 2 aliphatic rings. The molecule has 134 valence electrons. The third-order valence-corrected chi connectivity index (χ3v) is 5.72. The van der Waals surface area contributed by atoms with Crippen molar-refractivity contribution in [3.05, 3.63) is 24.4 Å². The van der Waals surface area contributed by atoms with E-state index in [4.69, 9.17) is 15.2 Å². The van der Waals surface area contributed by atoms with Gasteiger partial charge in [-0.2, -0.15) is 0 Å². The van der Waals surface area contributed by atoms with Gasteiger partial charge in [0.1, 0.15) is 0 Å². The Hall–Kier alpha value is -2.05. The highest BCUT2D eigenvalue weighted by molar-refractivity contribution is 5.94. The van der Waals surface area contributed by atoms with E-state index < -0.39 is 0 Å². The molecule has 1 saturated heterocycles. The first-order valence-electron chi connectivity index (χ1n) is 8.91. The molecule has 25 heavy (non-hydrogen) atoms. The average molecular weight is 342 g/mol. The van der Waals surface area contributed by atoms with E-state index in [1.54, 1.807) is 14.2 Å². The maximum Gasteiger partial charge on any atom is 0.162 e. The lowest BCUT2D eigenvalue weighted by molar-refractivity contribution is 0.171. The SMILES string of the molecule is COc1cc2nccc(N3CCN(C4(CN)CC4)CC3)c2cc1OC. The Morgan fingerprint density at radius 2 is 1.76 bits per heavy atom. The standard InChI is InChI=1S/C19H26N4O2/c1-24-17-11-14-15(12-18(17)25-2)21-6-3-16(14)22-7-9-23(10-8-22)19(13-20)4-5-19/h3,6,11-12H,4-5,7-10,13,20H2,1-2H3. The molecular weight excluding hydrogens is 316 g/mol. The largest absolute Gasteiger partial charge is 0.493 e. The van der Waals surface area contributed by atoms with Gasteiger partial charge in [-0.15, -0.1) is 0 Å². The van der Waals surface area contributed by atoms with Crippen LogP contribution in [0.3, 0.4) is 0 Å². The Kier molecular flexibility index (Phi) is 4.17. The molecule has 1 aliphatic carbocycles. The van der Waals surface area contributed by atoms with E-state index in [0.29, 0.717) is 11.3 Å². The van der Waals surface area contributed by atoms with Gasteiger partial charge in [0.15, 0.2) is 11.5 Å². The van der Waals surface area contributed by atoms with Gasteiger partial charge in [-0.25, -0.2) is 0 Å². The molecule has 0 amide bonds. The maximum atomic E-state index is 5.99. The van der Waals surface area contributed by atoms with E-state index in [-0.39, 0.29) is 0 Å². The summed E-state index contributed by atoms with van der Waals surface area (Å²) < 4.78 is 10.9. The number of anilines is 1. The summed E-state index contributed by atoms with van der Waals surface area (Å²) in [7, 11) is 3.32. The van der Waals surface area contributed by atoms with Crippen molar-refractivity contribution in [2.75, 3.05) is 51.8 Å². The van der Waals surface area contributed by atoms with Gasteiger partial charge >= 0.3 is 0 Å². The molecule has 6 nitrogen and oxygen atoms in total. The van der Waals surface area contributed by atoms with Crippen LogP contribution in [-0.2, 0) is 0 Å². The topological polar surface area (TPSA) is 63.9 Å².